The second kappa shape index (κ2) is 5.15. The molecule has 6 heteroatoms. The number of hydrogen-bond donors (Lipinski definition) is 0. The highest BCUT2D eigenvalue weighted by molar-refractivity contribution is 6.03. The van der Waals surface area contributed by atoms with Crippen molar-refractivity contribution in [3.05, 3.63) is 54.0 Å². The minimum atomic E-state index is 0.105. The zero-order valence-electron chi connectivity index (χ0n) is 12.7. The minimum absolute atomic E-state index is 0.105. The van der Waals surface area contributed by atoms with E-state index in [-0.39, 0.29) is 11.4 Å². The molecule has 0 saturated heterocycles. The fourth-order valence-electron chi connectivity index (χ4n) is 2.78. The Hall–Kier alpha value is -3.77. The van der Waals surface area contributed by atoms with Gasteiger partial charge in [-0.05, 0) is 12.1 Å². The van der Waals surface area contributed by atoms with Crippen molar-refractivity contribution in [3.63, 3.8) is 0 Å². The van der Waals surface area contributed by atoms with Crippen molar-refractivity contribution >= 4 is 21.8 Å². The fourth-order valence-corrected chi connectivity index (χ4v) is 2.78. The van der Waals surface area contributed by atoms with Gasteiger partial charge in [0.15, 0.2) is 17.2 Å². The van der Waals surface area contributed by atoms with Crippen molar-refractivity contribution in [2.24, 2.45) is 7.05 Å². The average Bonchev–Trinajstić information content (AvgIpc) is 2.96. The van der Waals surface area contributed by atoms with Crippen LogP contribution in [0, 0.1) is 22.7 Å². The molecule has 0 bridgehead atoms. The molecule has 0 spiro atoms. The molecular formula is C18H10N6. The van der Waals surface area contributed by atoms with Crippen molar-refractivity contribution in [2.45, 2.75) is 0 Å². The number of aromatic nitrogens is 4. The van der Waals surface area contributed by atoms with Crippen LogP contribution in [-0.2, 0) is 7.05 Å². The summed E-state index contributed by atoms with van der Waals surface area (Å²) in [5.74, 6) is 0.484. The molecular weight excluding hydrogens is 300 g/mol. The first-order valence-corrected chi connectivity index (χ1v) is 7.24. The quantitative estimate of drug-likeness (QED) is 0.504. The highest BCUT2D eigenvalue weighted by Gasteiger charge is 2.17. The lowest BCUT2D eigenvalue weighted by molar-refractivity contribution is 0.902. The number of benzene rings is 1. The summed E-state index contributed by atoms with van der Waals surface area (Å²) in [5.41, 5.74) is 2.51. The molecule has 0 saturated carbocycles. The van der Waals surface area contributed by atoms with Crippen LogP contribution in [0.2, 0.25) is 0 Å². The van der Waals surface area contributed by atoms with E-state index in [0.717, 1.165) is 21.8 Å². The Morgan fingerprint density at radius 3 is 2.38 bits per heavy atom. The normalized spacial score (nSPS) is 10.6. The Balaban J connectivity index is 2.03. The van der Waals surface area contributed by atoms with E-state index in [0.29, 0.717) is 11.5 Å². The first-order valence-electron chi connectivity index (χ1n) is 7.24. The Labute approximate surface area is 137 Å². The summed E-state index contributed by atoms with van der Waals surface area (Å²) in [4.78, 5) is 13.4. The molecule has 4 rings (SSSR count). The van der Waals surface area contributed by atoms with Crippen molar-refractivity contribution in [2.75, 3.05) is 0 Å². The van der Waals surface area contributed by atoms with Crippen molar-refractivity contribution in [3.8, 4) is 23.7 Å². The number of hydrogen-bond acceptors (Lipinski definition) is 5. The zero-order valence-corrected chi connectivity index (χ0v) is 12.7. The maximum atomic E-state index is 9.21. The van der Waals surface area contributed by atoms with E-state index in [1.807, 2.05) is 48.5 Å². The summed E-state index contributed by atoms with van der Waals surface area (Å²) in [5, 5.41) is 20.3. The lowest BCUT2D eigenvalue weighted by Crippen LogP contribution is -1.98. The van der Waals surface area contributed by atoms with Gasteiger partial charge in [0.2, 0.25) is 0 Å². The van der Waals surface area contributed by atoms with Gasteiger partial charge in [-0.15, -0.1) is 0 Å². The summed E-state index contributed by atoms with van der Waals surface area (Å²) in [6.45, 7) is 0. The smallest absolute Gasteiger partial charge is 0.177 e. The predicted molar refractivity (Wildman–Crippen MR) is 88.7 cm³/mol. The Kier molecular flexibility index (Phi) is 2.97. The van der Waals surface area contributed by atoms with Crippen molar-refractivity contribution < 1.29 is 0 Å². The van der Waals surface area contributed by atoms with Gasteiger partial charge in [-0.25, -0.2) is 9.97 Å². The van der Waals surface area contributed by atoms with Crippen molar-refractivity contribution in [1.82, 2.24) is 19.5 Å². The molecule has 4 aromatic rings. The Morgan fingerprint density at radius 1 is 0.917 bits per heavy atom. The largest absolute Gasteiger partial charge is 0.316 e. The maximum Gasteiger partial charge on any atom is 0.177 e. The van der Waals surface area contributed by atoms with E-state index >= 15 is 0 Å². The molecule has 0 radical (unpaired) electrons. The number of pyridine rings is 2. The number of imidazole rings is 1. The number of rotatable bonds is 1. The van der Waals surface area contributed by atoms with Crippen LogP contribution in [0.25, 0.3) is 33.3 Å². The molecule has 112 valence electrons. The Morgan fingerprint density at radius 2 is 1.67 bits per heavy atom. The lowest BCUT2D eigenvalue weighted by atomic mass is 10.1. The molecule has 24 heavy (non-hydrogen) atoms. The van der Waals surface area contributed by atoms with Crippen LogP contribution in [0.4, 0.5) is 0 Å². The average molecular weight is 310 g/mol. The van der Waals surface area contributed by atoms with Gasteiger partial charge in [-0.1, -0.05) is 24.3 Å². The van der Waals surface area contributed by atoms with E-state index < -0.39 is 0 Å². The summed E-state index contributed by atoms with van der Waals surface area (Å²) >= 11 is 0. The van der Waals surface area contributed by atoms with Crippen LogP contribution >= 0.6 is 0 Å². The third-order valence-corrected chi connectivity index (χ3v) is 3.97. The molecule has 3 aromatic heterocycles. The van der Waals surface area contributed by atoms with Gasteiger partial charge in [-0.3, -0.25) is 4.98 Å². The van der Waals surface area contributed by atoms with E-state index in [4.69, 9.17) is 10.2 Å². The molecule has 0 aliphatic heterocycles. The van der Waals surface area contributed by atoms with Gasteiger partial charge in [-0.2, -0.15) is 10.5 Å². The second-order valence-corrected chi connectivity index (χ2v) is 5.32. The number of nitriles is 2. The second-order valence-electron chi connectivity index (χ2n) is 5.32. The van der Waals surface area contributed by atoms with Crippen LogP contribution in [0.5, 0.6) is 0 Å². The molecule has 0 atom stereocenters. The highest BCUT2D eigenvalue weighted by atomic mass is 15.1. The molecule has 3 heterocycles. The molecule has 6 nitrogen and oxygen atoms in total. The van der Waals surface area contributed by atoms with E-state index in [1.54, 1.807) is 17.8 Å². The van der Waals surface area contributed by atoms with Crippen LogP contribution in [0.1, 0.15) is 11.4 Å². The Bertz CT molecular complexity index is 1190. The molecule has 1 aromatic carbocycles. The molecule has 0 aliphatic carbocycles. The first-order chi connectivity index (χ1) is 11.7. The molecule has 0 unspecified atom stereocenters. The highest BCUT2D eigenvalue weighted by Crippen LogP contribution is 2.26. The number of nitrogens with zero attached hydrogens (tertiary/aromatic N) is 6. The predicted octanol–water partition coefficient (Wildman–Crippen LogP) is 2.93. The van der Waals surface area contributed by atoms with Crippen LogP contribution < -0.4 is 0 Å². The zero-order chi connectivity index (χ0) is 16.7. The van der Waals surface area contributed by atoms with E-state index in [2.05, 4.69) is 9.97 Å². The first kappa shape index (κ1) is 13.9. The van der Waals surface area contributed by atoms with Crippen LogP contribution in [-0.4, -0.2) is 19.5 Å². The third kappa shape index (κ3) is 1.91. The summed E-state index contributed by atoms with van der Waals surface area (Å²) in [6, 6.07) is 15.6. The van der Waals surface area contributed by atoms with E-state index in [1.165, 1.54) is 0 Å². The maximum absolute atomic E-state index is 9.21. The van der Waals surface area contributed by atoms with Gasteiger partial charge >= 0.3 is 0 Å². The lowest BCUT2D eigenvalue weighted by Gasteiger charge is -2.06. The standard InChI is InChI=1S/C18H10N6/c1-24-15(10-20)14(9-19)23-18(24)13-7-6-12-5-4-11-3-2-8-21-16(11)17(12)22-13/h2-8H,1H3. The monoisotopic (exact) mass is 310 g/mol. The SMILES string of the molecule is Cn1c(-c2ccc3ccc4cccnc4c3n2)nc(C#N)c1C#N. The third-order valence-electron chi connectivity index (χ3n) is 3.97. The van der Waals surface area contributed by atoms with Gasteiger partial charge < -0.3 is 4.57 Å². The van der Waals surface area contributed by atoms with Gasteiger partial charge in [0, 0.05) is 24.0 Å². The summed E-state index contributed by atoms with van der Waals surface area (Å²) < 4.78 is 1.59. The van der Waals surface area contributed by atoms with E-state index in [9.17, 15) is 5.26 Å². The molecule has 0 N–H and O–H groups in total. The minimum Gasteiger partial charge on any atom is -0.316 e. The van der Waals surface area contributed by atoms with Gasteiger partial charge in [0.1, 0.15) is 17.8 Å². The van der Waals surface area contributed by atoms with Crippen molar-refractivity contribution in [1.29, 1.82) is 10.5 Å². The summed E-state index contributed by atoms with van der Waals surface area (Å²) in [7, 11) is 1.70. The number of fused-ring (bicyclic) bond motifs is 3. The molecule has 0 fully saturated rings. The van der Waals surface area contributed by atoms with Crippen LogP contribution in [0.15, 0.2) is 42.6 Å². The molecule has 0 amide bonds. The topological polar surface area (TPSA) is 91.2 Å². The molecule has 0 aliphatic rings. The van der Waals surface area contributed by atoms with Gasteiger partial charge in [0.05, 0.1) is 11.0 Å². The fraction of sp³-hybridized carbons (Fsp3) is 0.0556. The summed E-state index contributed by atoms with van der Waals surface area (Å²) in [6.07, 6.45) is 1.73. The van der Waals surface area contributed by atoms with Gasteiger partial charge in [0.25, 0.3) is 0 Å². The van der Waals surface area contributed by atoms with Crippen LogP contribution in [0.3, 0.4) is 0 Å².